The zero-order valence-corrected chi connectivity index (χ0v) is 11.0. The summed E-state index contributed by atoms with van der Waals surface area (Å²) in [5.74, 6) is 0. The average Bonchev–Trinajstić information content (AvgIpc) is 2.48. The van der Waals surface area contributed by atoms with Crippen LogP contribution in [-0.4, -0.2) is 10.6 Å². The molecule has 0 amide bonds. The first-order valence-electron chi connectivity index (χ1n) is 6.13. The molecule has 0 saturated heterocycles. The number of para-hydroxylation sites is 1. The minimum Gasteiger partial charge on any atom is -0.391 e. The number of nitrogens with zero attached hydrogens (tertiary/aromatic N) is 2. The number of benzene rings is 2. The highest BCUT2D eigenvalue weighted by Crippen LogP contribution is 2.18. The molecule has 0 aliphatic heterocycles. The molecule has 5 heteroatoms. The van der Waals surface area contributed by atoms with E-state index in [0.717, 1.165) is 5.56 Å². The van der Waals surface area contributed by atoms with Gasteiger partial charge >= 0.3 is 0 Å². The van der Waals surface area contributed by atoms with Gasteiger partial charge in [0, 0.05) is 6.07 Å². The molecule has 0 fully saturated rings. The van der Waals surface area contributed by atoms with E-state index in [4.69, 9.17) is 4.84 Å². The zero-order chi connectivity index (χ0) is 14.4. The summed E-state index contributed by atoms with van der Waals surface area (Å²) in [6, 6.07) is 16.1. The quantitative estimate of drug-likeness (QED) is 0.474. The van der Waals surface area contributed by atoms with E-state index in [1.54, 1.807) is 25.1 Å². The van der Waals surface area contributed by atoms with Gasteiger partial charge < -0.3 is 4.84 Å². The maximum absolute atomic E-state index is 10.9. The van der Waals surface area contributed by atoms with Gasteiger partial charge in [0.15, 0.2) is 0 Å². The van der Waals surface area contributed by atoms with Crippen molar-refractivity contribution in [3.05, 3.63) is 75.8 Å². The lowest BCUT2D eigenvalue weighted by Gasteiger charge is -2.03. The van der Waals surface area contributed by atoms with Crippen molar-refractivity contribution >= 4 is 11.4 Å². The van der Waals surface area contributed by atoms with Crippen LogP contribution in [0.1, 0.15) is 18.1 Å². The van der Waals surface area contributed by atoms with E-state index in [1.165, 1.54) is 6.07 Å². The van der Waals surface area contributed by atoms with Crippen LogP contribution in [0.5, 0.6) is 0 Å². The Kier molecular flexibility index (Phi) is 4.44. The Bertz CT molecular complexity index is 624. The molecule has 0 aromatic heterocycles. The van der Waals surface area contributed by atoms with Gasteiger partial charge in [0.2, 0.25) is 0 Å². The maximum atomic E-state index is 10.9. The Morgan fingerprint density at radius 3 is 2.50 bits per heavy atom. The Hall–Kier alpha value is -2.69. The number of oxime groups is 1. The summed E-state index contributed by atoms with van der Waals surface area (Å²) >= 11 is 0. The second-order valence-electron chi connectivity index (χ2n) is 4.21. The van der Waals surface area contributed by atoms with Gasteiger partial charge in [-0.1, -0.05) is 47.6 Å². The van der Waals surface area contributed by atoms with Crippen molar-refractivity contribution in [1.29, 1.82) is 0 Å². The predicted molar refractivity (Wildman–Crippen MR) is 76.5 cm³/mol. The first kappa shape index (κ1) is 13.7. The van der Waals surface area contributed by atoms with E-state index >= 15 is 0 Å². The Balaban J connectivity index is 2.09. The molecule has 0 N–H and O–H groups in total. The smallest absolute Gasteiger partial charge is 0.278 e. The topological polar surface area (TPSA) is 64.7 Å². The summed E-state index contributed by atoms with van der Waals surface area (Å²) in [7, 11) is 0. The molecule has 2 aromatic carbocycles. The number of nitro benzene ring substituents is 1. The third-order valence-corrected chi connectivity index (χ3v) is 2.77. The van der Waals surface area contributed by atoms with Crippen molar-refractivity contribution in [1.82, 2.24) is 0 Å². The molecule has 0 atom stereocenters. The minimum atomic E-state index is -0.425. The highest BCUT2D eigenvalue weighted by atomic mass is 16.6. The monoisotopic (exact) mass is 270 g/mol. The lowest BCUT2D eigenvalue weighted by molar-refractivity contribution is -0.385. The third-order valence-electron chi connectivity index (χ3n) is 2.77. The molecular weight excluding hydrogens is 256 g/mol. The first-order chi connectivity index (χ1) is 9.68. The highest BCUT2D eigenvalue weighted by molar-refractivity contribution is 6.01. The fraction of sp³-hybridized carbons (Fsp3) is 0.133. The van der Waals surface area contributed by atoms with Gasteiger partial charge in [-0.05, 0) is 18.6 Å². The number of rotatable bonds is 5. The van der Waals surface area contributed by atoms with Crippen molar-refractivity contribution in [3.63, 3.8) is 0 Å². The molecule has 0 aliphatic carbocycles. The van der Waals surface area contributed by atoms with Crippen molar-refractivity contribution in [3.8, 4) is 0 Å². The number of hydrogen-bond donors (Lipinski definition) is 0. The standard InChI is InChI=1S/C15H14N2O3/c1-12(14-9-5-6-10-15(14)17(18)19)16-20-11-13-7-3-2-4-8-13/h2-10H,11H2,1H3/b16-12+. The molecular formula is C15H14N2O3. The van der Waals surface area contributed by atoms with Gasteiger partial charge in [-0.2, -0.15) is 0 Å². The van der Waals surface area contributed by atoms with Gasteiger partial charge in [-0.3, -0.25) is 10.1 Å². The van der Waals surface area contributed by atoms with Gasteiger partial charge in [0.05, 0.1) is 16.2 Å². The molecule has 0 unspecified atom stereocenters. The minimum absolute atomic E-state index is 0.0251. The van der Waals surface area contributed by atoms with E-state index in [0.29, 0.717) is 17.9 Å². The second kappa shape index (κ2) is 6.47. The Labute approximate surface area is 116 Å². The lowest BCUT2D eigenvalue weighted by atomic mass is 10.1. The van der Waals surface area contributed by atoms with Crippen LogP contribution in [0.4, 0.5) is 5.69 Å². The van der Waals surface area contributed by atoms with E-state index in [1.807, 2.05) is 30.3 Å². The Morgan fingerprint density at radius 1 is 1.15 bits per heavy atom. The largest absolute Gasteiger partial charge is 0.391 e. The zero-order valence-electron chi connectivity index (χ0n) is 11.0. The van der Waals surface area contributed by atoms with E-state index in [2.05, 4.69) is 5.16 Å². The summed E-state index contributed by atoms with van der Waals surface area (Å²) in [6.45, 7) is 2.02. The molecule has 2 rings (SSSR count). The fourth-order valence-corrected chi connectivity index (χ4v) is 1.77. The number of nitro groups is 1. The Morgan fingerprint density at radius 2 is 1.80 bits per heavy atom. The van der Waals surface area contributed by atoms with Crippen molar-refractivity contribution in [2.24, 2.45) is 5.16 Å². The fourth-order valence-electron chi connectivity index (χ4n) is 1.77. The second-order valence-corrected chi connectivity index (χ2v) is 4.21. The summed E-state index contributed by atoms with van der Waals surface area (Å²) in [6.07, 6.45) is 0. The van der Waals surface area contributed by atoms with Gasteiger partial charge in [0.1, 0.15) is 6.61 Å². The molecule has 0 bridgehead atoms. The van der Waals surface area contributed by atoms with Crippen LogP contribution >= 0.6 is 0 Å². The van der Waals surface area contributed by atoms with Crippen molar-refractivity contribution < 1.29 is 9.76 Å². The van der Waals surface area contributed by atoms with Crippen molar-refractivity contribution in [2.75, 3.05) is 0 Å². The molecule has 0 saturated carbocycles. The van der Waals surface area contributed by atoms with E-state index in [-0.39, 0.29) is 5.69 Å². The third kappa shape index (κ3) is 3.41. The van der Waals surface area contributed by atoms with Crippen LogP contribution in [0.2, 0.25) is 0 Å². The highest BCUT2D eigenvalue weighted by Gasteiger charge is 2.14. The molecule has 0 aliphatic rings. The molecule has 5 nitrogen and oxygen atoms in total. The molecule has 0 heterocycles. The van der Waals surface area contributed by atoms with Crippen LogP contribution in [0.15, 0.2) is 59.8 Å². The maximum Gasteiger partial charge on any atom is 0.278 e. The SMILES string of the molecule is C/C(=N\OCc1ccccc1)c1ccccc1[N+](=O)[O-]. The average molecular weight is 270 g/mol. The van der Waals surface area contributed by atoms with Gasteiger partial charge in [0.25, 0.3) is 5.69 Å². The van der Waals surface area contributed by atoms with Crippen LogP contribution in [-0.2, 0) is 11.4 Å². The summed E-state index contributed by atoms with van der Waals surface area (Å²) in [5, 5.41) is 14.9. The summed E-state index contributed by atoms with van der Waals surface area (Å²) in [5.41, 5.74) is 1.96. The van der Waals surface area contributed by atoms with Crippen molar-refractivity contribution in [2.45, 2.75) is 13.5 Å². The van der Waals surface area contributed by atoms with Crippen LogP contribution in [0.25, 0.3) is 0 Å². The summed E-state index contributed by atoms with van der Waals surface area (Å²) < 4.78 is 0. The van der Waals surface area contributed by atoms with Crippen LogP contribution < -0.4 is 0 Å². The molecule has 0 radical (unpaired) electrons. The van der Waals surface area contributed by atoms with E-state index in [9.17, 15) is 10.1 Å². The first-order valence-corrected chi connectivity index (χ1v) is 6.13. The lowest BCUT2D eigenvalue weighted by Crippen LogP contribution is -2.02. The van der Waals surface area contributed by atoms with Gasteiger partial charge in [-0.25, -0.2) is 0 Å². The van der Waals surface area contributed by atoms with E-state index < -0.39 is 4.92 Å². The van der Waals surface area contributed by atoms with Gasteiger partial charge in [-0.15, -0.1) is 0 Å². The molecule has 2 aromatic rings. The normalized spacial score (nSPS) is 11.2. The predicted octanol–water partition coefficient (Wildman–Crippen LogP) is 3.54. The van der Waals surface area contributed by atoms with Crippen LogP contribution in [0, 0.1) is 10.1 Å². The number of hydrogen-bond acceptors (Lipinski definition) is 4. The summed E-state index contributed by atoms with van der Waals surface area (Å²) in [4.78, 5) is 15.7. The molecule has 0 spiro atoms. The molecule has 20 heavy (non-hydrogen) atoms. The van der Waals surface area contributed by atoms with Crippen LogP contribution in [0.3, 0.4) is 0 Å². The molecule has 102 valence electrons.